The van der Waals surface area contributed by atoms with Crippen molar-refractivity contribution in [3.05, 3.63) is 11.1 Å². The Labute approximate surface area is 218 Å². The molecule has 2 fully saturated rings. The van der Waals surface area contributed by atoms with Crippen molar-refractivity contribution in [1.82, 2.24) is 0 Å². The van der Waals surface area contributed by atoms with Crippen molar-refractivity contribution >= 4 is 17.7 Å². The number of carbonyl (C=O) groups is 3. The second-order valence-electron chi connectivity index (χ2n) is 13.4. The number of ketones is 1. The lowest BCUT2D eigenvalue weighted by molar-refractivity contribution is -0.170. The quantitative estimate of drug-likeness (QED) is 0.505. The van der Waals surface area contributed by atoms with E-state index in [1.807, 2.05) is 0 Å². The van der Waals surface area contributed by atoms with Gasteiger partial charge in [0, 0.05) is 30.8 Å². The zero-order chi connectivity index (χ0) is 27.8. The van der Waals surface area contributed by atoms with Crippen LogP contribution in [0.4, 0.5) is 0 Å². The second-order valence-corrected chi connectivity index (χ2v) is 13.4. The topological polar surface area (TPSA) is 89.9 Å². The number of rotatable bonds is 5. The molecule has 8 atom stereocenters. The van der Waals surface area contributed by atoms with Crippen molar-refractivity contribution in [2.75, 3.05) is 7.11 Å². The van der Waals surface area contributed by atoms with Crippen LogP contribution in [-0.2, 0) is 23.9 Å². The number of fused-ring (bicyclic) bond motifs is 4. The Hall–Kier alpha value is -1.69. The van der Waals surface area contributed by atoms with Crippen molar-refractivity contribution in [1.29, 1.82) is 0 Å². The van der Waals surface area contributed by atoms with Crippen LogP contribution in [0.2, 0.25) is 0 Å². The monoisotopic (exact) mass is 503 g/mol. The van der Waals surface area contributed by atoms with Crippen LogP contribution in [0.25, 0.3) is 0 Å². The van der Waals surface area contributed by atoms with Gasteiger partial charge < -0.3 is 14.6 Å². The highest BCUT2D eigenvalue weighted by atomic mass is 16.5. The van der Waals surface area contributed by atoms with E-state index in [9.17, 15) is 20.9 Å². The van der Waals surface area contributed by atoms with Gasteiger partial charge in [-0.2, -0.15) is 0 Å². The van der Waals surface area contributed by atoms with Gasteiger partial charge in [-0.15, -0.1) is 0 Å². The van der Waals surface area contributed by atoms with Crippen LogP contribution in [0.15, 0.2) is 11.1 Å². The van der Waals surface area contributed by atoms with Crippen LogP contribution < -0.4 is 0 Å². The summed E-state index contributed by atoms with van der Waals surface area (Å²) in [6.07, 6.45) is 2.52. The molecule has 6 heteroatoms. The first kappa shape index (κ1) is 25.9. The fourth-order valence-corrected chi connectivity index (χ4v) is 9.18. The molecule has 0 aromatic rings. The minimum Gasteiger partial charge on any atom is -0.469 e. The van der Waals surface area contributed by atoms with Gasteiger partial charge in [0.1, 0.15) is 6.10 Å². The predicted octanol–water partition coefficient (Wildman–Crippen LogP) is 5.41. The Kier molecular flexibility index (Phi) is 6.45. The first-order chi connectivity index (χ1) is 17.0. The van der Waals surface area contributed by atoms with Gasteiger partial charge in [-0.05, 0) is 78.1 Å². The summed E-state index contributed by atoms with van der Waals surface area (Å²) in [5.74, 6) is -0.244. The Bertz CT molecular complexity index is 1030. The van der Waals surface area contributed by atoms with E-state index in [1.165, 1.54) is 14.0 Å². The highest BCUT2D eigenvalue weighted by Gasteiger charge is 2.67. The van der Waals surface area contributed by atoms with Gasteiger partial charge in [-0.1, -0.05) is 41.5 Å². The van der Waals surface area contributed by atoms with Crippen LogP contribution in [-0.4, -0.2) is 42.1 Å². The SMILES string of the molecule is [2H][C@]1(O)C[C@H]2C(C)(C)[C@@H](OC(C)=O)CC[C@]2(C)C2=C1[C@]1(C)CC[C@H]([C@H](C)CCC(=O)OC)[C@@]1(C)CC2=O. The summed E-state index contributed by atoms with van der Waals surface area (Å²) in [6, 6.07) is 0. The number of hydrogen-bond acceptors (Lipinski definition) is 6. The third-order valence-electron chi connectivity index (χ3n) is 11.3. The largest absolute Gasteiger partial charge is 0.469 e. The van der Waals surface area contributed by atoms with E-state index in [2.05, 4.69) is 41.5 Å². The molecular weight excluding hydrogens is 456 g/mol. The Morgan fingerprint density at radius 3 is 2.44 bits per heavy atom. The summed E-state index contributed by atoms with van der Waals surface area (Å²) < 4.78 is 19.9. The molecule has 0 heterocycles. The van der Waals surface area contributed by atoms with Crippen LogP contribution >= 0.6 is 0 Å². The van der Waals surface area contributed by atoms with Gasteiger partial charge in [0.25, 0.3) is 0 Å². The highest BCUT2D eigenvalue weighted by molar-refractivity contribution is 6.00. The van der Waals surface area contributed by atoms with E-state index in [-0.39, 0.29) is 48.0 Å². The summed E-state index contributed by atoms with van der Waals surface area (Å²) in [7, 11) is 1.40. The molecule has 0 spiro atoms. The van der Waals surface area contributed by atoms with Gasteiger partial charge >= 0.3 is 11.9 Å². The maximum Gasteiger partial charge on any atom is 0.305 e. The molecule has 1 N–H and O–H groups in total. The van der Waals surface area contributed by atoms with E-state index in [1.54, 1.807) is 0 Å². The van der Waals surface area contributed by atoms with Crippen LogP contribution in [0.5, 0.6) is 0 Å². The summed E-state index contributed by atoms with van der Waals surface area (Å²) in [5.41, 5.74) is -0.545. The molecule has 0 aromatic carbocycles. The molecule has 0 aromatic heterocycles. The summed E-state index contributed by atoms with van der Waals surface area (Å²) in [4.78, 5) is 37.9. The fraction of sp³-hybridized carbons (Fsp3) is 0.833. The second kappa shape index (κ2) is 8.96. The smallest absolute Gasteiger partial charge is 0.305 e. The summed E-state index contributed by atoms with van der Waals surface area (Å²) in [5, 5.41) is 11.9. The lowest BCUT2D eigenvalue weighted by Gasteiger charge is -2.62. The number of ether oxygens (including phenoxy) is 2. The van der Waals surface area contributed by atoms with Crippen molar-refractivity contribution in [3.8, 4) is 0 Å². The number of Topliss-reactive ketones (excluding diaryl/α,β-unsaturated/α-hetero) is 1. The minimum atomic E-state index is -1.87. The average Bonchev–Trinajstić information content (AvgIpc) is 3.05. The molecule has 0 aliphatic heterocycles. The van der Waals surface area contributed by atoms with Crippen molar-refractivity contribution < 1.29 is 30.3 Å². The van der Waals surface area contributed by atoms with E-state index >= 15 is 0 Å². The van der Waals surface area contributed by atoms with E-state index in [0.29, 0.717) is 43.3 Å². The number of aliphatic hydroxyl groups is 1. The normalized spacial score (nSPS) is 44.6. The van der Waals surface area contributed by atoms with Gasteiger partial charge in [-0.3, -0.25) is 14.4 Å². The fourth-order valence-electron chi connectivity index (χ4n) is 9.18. The van der Waals surface area contributed by atoms with Gasteiger partial charge in [0.2, 0.25) is 0 Å². The van der Waals surface area contributed by atoms with Gasteiger partial charge in [0.05, 0.1) is 14.6 Å². The van der Waals surface area contributed by atoms with Gasteiger partial charge in [0.15, 0.2) is 5.78 Å². The Morgan fingerprint density at radius 2 is 1.83 bits per heavy atom. The molecule has 6 nitrogen and oxygen atoms in total. The molecule has 4 aliphatic rings. The van der Waals surface area contributed by atoms with E-state index in [4.69, 9.17) is 9.47 Å². The number of esters is 2. The Balaban J connectivity index is 1.78. The lowest BCUT2D eigenvalue weighted by Crippen LogP contribution is -2.60. The van der Waals surface area contributed by atoms with Crippen molar-refractivity contribution in [3.63, 3.8) is 0 Å². The number of methoxy groups -OCH3 is 1. The molecule has 4 aliphatic carbocycles. The molecule has 4 rings (SSSR count). The molecule has 0 saturated heterocycles. The zero-order valence-corrected chi connectivity index (χ0v) is 23.5. The third kappa shape index (κ3) is 3.80. The summed E-state index contributed by atoms with van der Waals surface area (Å²) >= 11 is 0. The van der Waals surface area contributed by atoms with Crippen LogP contribution in [0, 0.1) is 39.4 Å². The maximum atomic E-state index is 14.2. The molecule has 36 heavy (non-hydrogen) atoms. The van der Waals surface area contributed by atoms with Crippen molar-refractivity contribution in [2.24, 2.45) is 39.4 Å². The molecule has 0 amide bonds. The lowest BCUT2D eigenvalue weighted by atomic mass is 9.42. The van der Waals surface area contributed by atoms with E-state index in [0.717, 1.165) is 12.8 Å². The number of allylic oxidation sites excluding steroid dienone is 1. The Morgan fingerprint density at radius 1 is 1.17 bits per heavy atom. The number of carbonyl (C=O) groups excluding carboxylic acids is 3. The molecule has 0 bridgehead atoms. The third-order valence-corrected chi connectivity index (χ3v) is 11.3. The molecule has 2 saturated carbocycles. The van der Waals surface area contributed by atoms with Crippen molar-refractivity contribution in [2.45, 2.75) is 112 Å². The molecule has 0 unspecified atom stereocenters. The molecular formula is C30H46O6. The average molecular weight is 504 g/mol. The zero-order valence-electron chi connectivity index (χ0n) is 24.5. The minimum absolute atomic E-state index is 0.0571. The molecule has 0 radical (unpaired) electrons. The predicted molar refractivity (Wildman–Crippen MR) is 137 cm³/mol. The van der Waals surface area contributed by atoms with Crippen LogP contribution in [0.1, 0.15) is 101 Å². The van der Waals surface area contributed by atoms with Crippen LogP contribution in [0.3, 0.4) is 0 Å². The van der Waals surface area contributed by atoms with E-state index < -0.39 is 27.7 Å². The maximum absolute atomic E-state index is 14.2. The number of hydrogen-bond donors (Lipinski definition) is 1. The van der Waals surface area contributed by atoms with Gasteiger partial charge in [-0.25, -0.2) is 0 Å². The highest BCUT2D eigenvalue weighted by Crippen LogP contribution is 2.71. The molecule has 202 valence electrons. The summed E-state index contributed by atoms with van der Waals surface area (Å²) in [6.45, 7) is 14.2. The first-order valence-corrected chi connectivity index (χ1v) is 13.7. The standard InChI is InChI=1S/C30H46O6/c1-17(9-10-24(34)35-8)19-11-14-29(6)26-20(32)15-22-27(3,4)23(36-18(2)31)12-13-28(22,5)25(26)21(33)16-30(19,29)7/h17,19-20,22-23,32H,9-16H2,1-8H3/t17-,19-,20+,22+,23+,28+,29+,30-/m1/s1/i20D. The first-order valence-electron chi connectivity index (χ1n) is 14.2.